The molecule has 0 spiro atoms. The minimum atomic E-state index is -1.09. The van der Waals surface area contributed by atoms with Gasteiger partial charge in [-0.15, -0.1) is 0 Å². The molecule has 0 fully saturated rings. The quantitative estimate of drug-likeness (QED) is 0.748. The lowest BCUT2D eigenvalue weighted by molar-refractivity contribution is -0.351. The Bertz CT molecular complexity index is 394. The van der Waals surface area contributed by atoms with Gasteiger partial charge in [-0.25, -0.2) is 0 Å². The number of ether oxygens (including phenoxy) is 4. The molecule has 1 aromatic rings. The summed E-state index contributed by atoms with van der Waals surface area (Å²) in [7, 11) is 6.19. The summed E-state index contributed by atoms with van der Waals surface area (Å²) in [6.45, 7) is 1.97. The zero-order valence-electron chi connectivity index (χ0n) is 11.4. The highest BCUT2D eigenvalue weighted by atomic mass is 35.5. The fourth-order valence-electron chi connectivity index (χ4n) is 1.74. The van der Waals surface area contributed by atoms with Gasteiger partial charge in [-0.2, -0.15) is 0 Å². The predicted molar refractivity (Wildman–Crippen MR) is 70.2 cm³/mol. The van der Waals surface area contributed by atoms with Crippen molar-refractivity contribution in [3.63, 3.8) is 0 Å². The van der Waals surface area contributed by atoms with E-state index in [-0.39, 0.29) is 0 Å². The van der Waals surface area contributed by atoms with E-state index in [1.807, 2.05) is 19.1 Å². The Balaban J connectivity index is 3.07. The highest BCUT2D eigenvalue weighted by Crippen LogP contribution is 2.30. The van der Waals surface area contributed by atoms with E-state index in [1.54, 1.807) is 7.11 Å². The molecular weight excluding hydrogens is 256 g/mol. The van der Waals surface area contributed by atoms with Gasteiger partial charge in [0.15, 0.2) is 0 Å². The van der Waals surface area contributed by atoms with Gasteiger partial charge in [0.05, 0.1) is 18.6 Å². The molecule has 1 aromatic carbocycles. The average molecular weight is 275 g/mol. The molecule has 5 heteroatoms. The lowest BCUT2D eigenvalue weighted by Crippen LogP contribution is -2.38. The van der Waals surface area contributed by atoms with Gasteiger partial charge < -0.3 is 18.9 Å². The van der Waals surface area contributed by atoms with E-state index in [2.05, 4.69) is 0 Å². The third kappa shape index (κ3) is 3.14. The van der Waals surface area contributed by atoms with E-state index < -0.39 is 5.97 Å². The van der Waals surface area contributed by atoms with E-state index in [0.717, 1.165) is 11.1 Å². The molecule has 0 aliphatic heterocycles. The van der Waals surface area contributed by atoms with E-state index >= 15 is 0 Å². The second-order valence-corrected chi connectivity index (χ2v) is 4.29. The lowest BCUT2D eigenvalue weighted by atomic mass is 10.0. The first-order valence-electron chi connectivity index (χ1n) is 5.50. The molecule has 18 heavy (non-hydrogen) atoms. The second-order valence-electron chi connectivity index (χ2n) is 3.89. The van der Waals surface area contributed by atoms with E-state index in [4.69, 9.17) is 30.5 Å². The molecule has 0 aliphatic carbocycles. The van der Waals surface area contributed by atoms with Gasteiger partial charge in [-0.1, -0.05) is 11.6 Å². The summed E-state index contributed by atoms with van der Waals surface area (Å²) in [4.78, 5) is 0. The van der Waals surface area contributed by atoms with Crippen molar-refractivity contribution in [2.45, 2.75) is 19.3 Å². The van der Waals surface area contributed by atoms with Crippen molar-refractivity contribution in [3.05, 3.63) is 28.3 Å². The topological polar surface area (TPSA) is 36.9 Å². The zero-order valence-corrected chi connectivity index (χ0v) is 12.1. The first kappa shape index (κ1) is 15.2. The zero-order chi connectivity index (χ0) is 13.8. The number of hydrogen-bond donors (Lipinski definition) is 0. The van der Waals surface area contributed by atoms with Crippen molar-refractivity contribution in [2.24, 2.45) is 0 Å². The summed E-state index contributed by atoms with van der Waals surface area (Å²) in [5.74, 6) is -0.446. The SMILES string of the molecule is COc1cc(C)c(CC(OC)(OC)OC)cc1Cl. The van der Waals surface area contributed by atoms with Crippen LogP contribution in [0.1, 0.15) is 11.1 Å². The Morgan fingerprint density at radius 1 is 1.06 bits per heavy atom. The van der Waals surface area contributed by atoms with Crippen LogP contribution < -0.4 is 4.74 Å². The molecule has 0 amide bonds. The first-order valence-corrected chi connectivity index (χ1v) is 5.88. The smallest absolute Gasteiger partial charge is 0.286 e. The maximum Gasteiger partial charge on any atom is 0.286 e. The maximum atomic E-state index is 6.11. The molecule has 0 bridgehead atoms. The number of benzene rings is 1. The number of aryl methyl sites for hydroxylation is 1. The minimum Gasteiger partial charge on any atom is -0.495 e. The summed E-state index contributed by atoms with van der Waals surface area (Å²) in [6, 6.07) is 3.71. The minimum absolute atomic E-state index is 0.437. The Morgan fingerprint density at radius 2 is 1.61 bits per heavy atom. The molecule has 0 aromatic heterocycles. The fourth-order valence-corrected chi connectivity index (χ4v) is 2.01. The van der Waals surface area contributed by atoms with E-state index in [1.165, 1.54) is 21.3 Å². The van der Waals surface area contributed by atoms with Gasteiger partial charge >= 0.3 is 0 Å². The molecule has 4 nitrogen and oxygen atoms in total. The van der Waals surface area contributed by atoms with Crippen molar-refractivity contribution in [1.82, 2.24) is 0 Å². The van der Waals surface area contributed by atoms with Crippen LogP contribution in [0.5, 0.6) is 5.75 Å². The summed E-state index contributed by atoms with van der Waals surface area (Å²) in [6.07, 6.45) is 0.437. The average Bonchev–Trinajstić information content (AvgIpc) is 2.39. The molecule has 0 saturated carbocycles. The van der Waals surface area contributed by atoms with Crippen molar-refractivity contribution in [1.29, 1.82) is 0 Å². The molecule has 102 valence electrons. The predicted octanol–water partition coefficient (Wildman–Crippen LogP) is 2.79. The van der Waals surface area contributed by atoms with E-state index in [9.17, 15) is 0 Å². The van der Waals surface area contributed by atoms with Crippen LogP contribution >= 0.6 is 11.6 Å². The van der Waals surface area contributed by atoms with Crippen LogP contribution in [0.4, 0.5) is 0 Å². The molecule has 0 heterocycles. The van der Waals surface area contributed by atoms with Crippen molar-refractivity contribution >= 4 is 11.6 Å². The van der Waals surface area contributed by atoms with Crippen LogP contribution in [-0.2, 0) is 20.6 Å². The molecular formula is C13H19ClO4. The van der Waals surface area contributed by atoms with Gasteiger partial charge in [0, 0.05) is 21.3 Å². The maximum absolute atomic E-state index is 6.11. The van der Waals surface area contributed by atoms with Crippen molar-refractivity contribution in [2.75, 3.05) is 28.4 Å². The Labute approximate surface area is 113 Å². The third-order valence-corrected chi connectivity index (χ3v) is 3.25. The van der Waals surface area contributed by atoms with Crippen LogP contribution in [0.2, 0.25) is 5.02 Å². The van der Waals surface area contributed by atoms with Gasteiger partial charge in [-0.05, 0) is 30.2 Å². The number of rotatable bonds is 6. The summed E-state index contributed by atoms with van der Waals surface area (Å²) >= 11 is 6.11. The third-order valence-electron chi connectivity index (χ3n) is 2.95. The Kier molecular flexibility index (Phi) is 5.41. The Hall–Kier alpha value is -0.810. The molecule has 0 radical (unpaired) electrons. The second kappa shape index (κ2) is 6.38. The number of methoxy groups -OCH3 is 4. The number of hydrogen-bond acceptors (Lipinski definition) is 4. The summed E-state index contributed by atoms with van der Waals surface area (Å²) in [5, 5.41) is 0.551. The van der Waals surface area contributed by atoms with Gasteiger partial charge in [-0.3, -0.25) is 0 Å². The van der Waals surface area contributed by atoms with Crippen LogP contribution in [-0.4, -0.2) is 34.4 Å². The molecule has 0 saturated heterocycles. The van der Waals surface area contributed by atoms with Crippen LogP contribution in [0.3, 0.4) is 0 Å². The van der Waals surface area contributed by atoms with Gasteiger partial charge in [0.25, 0.3) is 5.97 Å². The van der Waals surface area contributed by atoms with Crippen molar-refractivity contribution < 1.29 is 18.9 Å². The molecule has 0 N–H and O–H groups in total. The molecule has 0 aliphatic rings. The standard InChI is InChI=1S/C13H19ClO4/c1-9-6-12(15-2)11(14)7-10(9)8-13(16-3,17-4)18-5/h6-7H,8H2,1-5H3. The Morgan fingerprint density at radius 3 is 2.06 bits per heavy atom. The van der Waals surface area contributed by atoms with Crippen molar-refractivity contribution in [3.8, 4) is 5.75 Å². The first-order chi connectivity index (χ1) is 8.51. The lowest BCUT2D eigenvalue weighted by Gasteiger charge is -2.29. The highest BCUT2D eigenvalue weighted by Gasteiger charge is 2.30. The van der Waals surface area contributed by atoms with Crippen LogP contribution in [0.25, 0.3) is 0 Å². The van der Waals surface area contributed by atoms with Gasteiger partial charge in [0.1, 0.15) is 5.75 Å². The fraction of sp³-hybridized carbons (Fsp3) is 0.538. The van der Waals surface area contributed by atoms with Crippen LogP contribution in [0.15, 0.2) is 12.1 Å². The van der Waals surface area contributed by atoms with Crippen LogP contribution in [0, 0.1) is 6.92 Å². The molecule has 0 unspecified atom stereocenters. The normalized spacial score (nSPS) is 11.7. The largest absolute Gasteiger partial charge is 0.495 e. The monoisotopic (exact) mass is 274 g/mol. The summed E-state index contributed by atoms with van der Waals surface area (Å²) in [5.41, 5.74) is 2.01. The van der Waals surface area contributed by atoms with E-state index in [0.29, 0.717) is 17.2 Å². The summed E-state index contributed by atoms with van der Waals surface area (Å²) < 4.78 is 21.0. The highest BCUT2D eigenvalue weighted by molar-refractivity contribution is 6.32. The van der Waals surface area contributed by atoms with Gasteiger partial charge in [0.2, 0.25) is 0 Å². The molecule has 1 rings (SSSR count). The molecule has 0 atom stereocenters. The number of halogens is 1.